The molecular formula is C17H29BN2. The van der Waals surface area contributed by atoms with Crippen molar-refractivity contribution in [1.29, 1.82) is 0 Å². The zero-order valence-electron chi connectivity index (χ0n) is 14.2. The molecule has 2 nitrogen and oxygen atoms in total. The van der Waals surface area contributed by atoms with Gasteiger partial charge in [0.15, 0.2) is 7.28 Å². The quantitative estimate of drug-likeness (QED) is 0.771. The van der Waals surface area contributed by atoms with E-state index in [1.165, 1.54) is 17.4 Å². The molecule has 0 aromatic rings. The Bertz CT molecular complexity index is 460. The highest BCUT2D eigenvalue weighted by atomic mass is 15.0. The van der Waals surface area contributed by atoms with Crippen LogP contribution >= 0.6 is 0 Å². The third-order valence-corrected chi connectivity index (χ3v) is 4.71. The minimum atomic E-state index is 0.305. The molecule has 0 saturated carbocycles. The maximum Gasteiger partial charge on any atom is 0.159 e. The Hall–Kier alpha value is -1.25. The predicted octanol–water partition coefficient (Wildman–Crippen LogP) is 3.89. The van der Waals surface area contributed by atoms with Gasteiger partial charge in [0.2, 0.25) is 0 Å². The van der Waals surface area contributed by atoms with E-state index in [9.17, 15) is 0 Å². The van der Waals surface area contributed by atoms with Gasteiger partial charge in [-0.3, -0.25) is 4.99 Å². The van der Waals surface area contributed by atoms with Crippen molar-refractivity contribution < 1.29 is 0 Å². The topological polar surface area (TPSA) is 24.4 Å². The first-order valence-electron chi connectivity index (χ1n) is 7.49. The van der Waals surface area contributed by atoms with Crippen LogP contribution in [-0.2, 0) is 0 Å². The predicted molar refractivity (Wildman–Crippen MR) is 92.7 cm³/mol. The smallest absolute Gasteiger partial charge is 0.159 e. The molecule has 0 fully saturated rings. The average molecular weight is 272 g/mol. The van der Waals surface area contributed by atoms with Crippen molar-refractivity contribution in [2.75, 3.05) is 7.05 Å². The standard InChI is InChI=1S/C17H29BN2/c1-8-9-14(13-10-11-20-15(13)19-7)18-12-17(5,6)16(2,3)4/h8-11,18H,12H2,1-7H3,(H,19,20)/b9-8+,14-13+. The largest absolute Gasteiger partial charge is 0.346 e. The van der Waals surface area contributed by atoms with Crippen molar-refractivity contribution in [3.05, 3.63) is 35.5 Å². The SMILES string of the molecule is C/C=C/C(BCC(C)(C)C(C)(C)C)=C1/C=CN/C1=N/C. The van der Waals surface area contributed by atoms with E-state index in [4.69, 9.17) is 0 Å². The second kappa shape index (κ2) is 6.47. The van der Waals surface area contributed by atoms with Crippen molar-refractivity contribution >= 4 is 13.1 Å². The van der Waals surface area contributed by atoms with E-state index < -0.39 is 0 Å². The Labute approximate surface area is 125 Å². The van der Waals surface area contributed by atoms with E-state index in [1.54, 1.807) is 0 Å². The number of nitrogens with one attached hydrogen (secondary N) is 1. The van der Waals surface area contributed by atoms with Crippen LogP contribution in [0.4, 0.5) is 0 Å². The number of aliphatic imine (C=N–C) groups is 1. The molecule has 1 rings (SSSR count). The number of hydrogen-bond donors (Lipinski definition) is 1. The summed E-state index contributed by atoms with van der Waals surface area (Å²) in [5, 5.41) is 3.20. The first-order valence-corrected chi connectivity index (χ1v) is 7.49. The van der Waals surface area contributed by atoms with Crippen LogP contribution < -0.4 is 5.32 Å². The van der Waals surface area contributed by atoms with Crippen LogP contribution in [0, 0.1) is 10.8 Å². The van der Waals surface area contributed by atoms with Gasteiger partial charge < -0.3 is 5.32 Å². The number of nitrogens with zero attached hydrogens (tertiary/aromatic N) is 1. The lowest BCUT2D eigenvalue weighted by Crippen LogP contribution is -2.31. The molecule has 0 bridgehead atoms. The van der Waals surface area contributed by atoms with Crippen molar-refractivity contribution in [3.8, 4) is 0 Å². The lowest BCUT2D eigenvalue weighted by molar-refractivity contribution is 0.156. The summed E-state index contributed by atoms with van der Waals surface area (Å²) < 4.78 is 0. The van der Waals surface area contributed by atoms with Gasteiger partial charge in [-0.25, -0.2) is 0 Å². The van der Waals surface area contributed by atoms with Gasteiger partial charge in [0.05, 0.1) is 0 Å². The molecule has 0 saturated heterocycles. The van der Waals surface area contributed by atoms with Gasteiger partial charge in [0, 0.05) is 18.8 Å². The summed E-state index contributed by atoms with van der Waals surface area (Å²) in [7, 11) is 2.91. The molecule has 0 amide bonds. The van der Waals surface area contributed by atoms with Gasteiger partial charge >= 0.3 is 0 Å². The van der Waals surface area contributed by atoms with Crippen LogP contribution in [0.5, 0.6) is 0 Å². The third-order valence-electron chi connectivity index (χ3n) is 4.71. The van der Waals surface area contributed by atoms with Crippen molar-refractivity contribution in [1.82, 2.24) is 5.32 Å². The molecule has 20 heavy (non-hydrogen) atoms. The van der Waals surface area contributed by atoms with Crippen LogP contribution in [0.2, 0.25) is 6.32 Å². The van der Waals surface area contributed by atoms with Crippen LogP contribution in [0.15, 0.2) is 40.5 Å². The van der Waals surface area contributed by atoms with E-state index in [0.29, 0.717) is 10.8 Å². The molecule has 0 aliphatic carbocycles. The highest BCUT2D eigenvalue weighted by Gasteiger charge is 2.32. The zero-order chi connectivity index (χ0) is 15.4. The molecule has 1 N–H and O–H groups in total. The van der Waals surface area contributed by atoms with Crippen molar-refractivity contribution in [3.63, 3.8) is 0 Å². The van der Waals surface area contributed by atoms with Crippen molar-refractivity contribution in [2.45, 2.75) is 47.9 Å². The summed E-state index contributed by atoms with van der Waals surface area (Å²) in [5.74, 6) is 0.978. The first-order chi connectivity index (χ1) is 9.23. The number of amidine groups is 1. The molecule has 110 valence electrons. The molecule has 0 aromatic heterocycles. The van der Waals surface area contributed by atoms with Gasteiger partial charge in [0.1, 0.15) is 5.84 Å². The van der Waals surface area contributed by atoms with E-state index in [2.05, 4.69) is 70.1 Å². The molecule has 0 radical (unpaired) electrons. The minimum Gasteiger partial charge on any atom is -0.346 e. The summed E-state index contributed by atoms with van der Waals surface area (Å²) in [6, 6.07) is 0. The Balaban J connectivity index is 2.96. The van der Waals surface area contributed by atoms with Gasteiger partial charge in [-0.05, 0) is 23.8 Å². The van der Waals surface area contributed by atoms with E-state index >= 15 is 0 Å². The van der Waals surface area contributed by atoms with E-state index in [1.807, 2.05) is 13.2 Å². The van der Waals surface area contributed by atoms with Crippen molar-refractivity contribution in [2.24, 2.45) is 15.8 Å². The summed E-state index contributed by atoms with van der Waals surface area (Å²) in [6.07, 6.45) is 9.60. The summed E-state index contributed by atoms with van der Waals surface area (Å²) in [6.45, 7) is 13.8. The second-order valence-electron chi connectivity index (χ2n) is 7.12. The average Bonchev–Trinajstić information content (AvgIpc) is 2.81. The minimum absolute atomic E-state index is 0.305. The van der Waals surface area contributed by atoms with Crippen LogP contribution in [0.1, 0.15) is 41.5 Å². The molecule has 1 heterocycles. The van der Waals surface area contributed by atoms with Gasteiger partial charge in [-0.2, -0.15) is 0 Å². The molecule has 0 unspecified atom stereocenters. The molecule has 1 aliphatic rings. The Morgan fingerprint density at radius 3 is 2.45 bits per heavy atom. The summed E-state index contributed by atoms with van der Waals surface area (Å²) >= 11 is 0. The number of allylic oxidation sites excluding steroid dienone is 3. The molecule has 0 atom stereocenters. The van der Waals surface area contributed by atoms with Crippen LogP contribution in [0.25, 0.3) is 0 Å². The lowest BCUT2D eigenvalue weighted by atomic mass is 9.52. The fourth-order valence-corrected chi connectivity index (χ4v) is 2.14. The number of rotatable bonds is 4. The normalized spacial score (nSPS) is 20.6. The molecule has 0 spiro atoms. The highest BCUT2D eigenvalue weighted by Crippen LogP contribution is 2.41. The Morgan fingerprint density at radius 1 is 1.30 bits per heavy atom. The molecule has 1 aliphatic heterocycles. The third kappa shape index (κ3) is 3.88. The van der Waals surface area contributed by atoms with Gasteiger partial charge in [-0.1, -0.05) is 58.6 Å². The van der Waals surface area contributed by atoms with Gasteiger partial charge in [0.25, 0.3) is 0 Å². The highest BCUT2D eigenvalue weighted by molar-refractivity contribution is 6.48. The first kappa shape index (κ1) is 16.8. The number of hydrogen-bond acceptors (Lipinski definition) is 1. The summed E-state index contributed by atoms with van der Waals surface area (Å²) in [5.41, 5.74) is 3.21. The van der Waals surface area contributed by atoms with E-state index in [0.717, 1.165) is 13.1 Å². The maximum atomic E-state index is 4.32. The fraction of sp³-hybridized carbons (Fsp3) is 0.588. The zero-order valence-corrected chi connectivity index (χ0v) is 14.2. The second-order valence-corrected chi connectivity index (χ2v) is 7.12. The lowest BCUT2D eigenvalue weighted by Gasteiger charge is -2.39. The Morgan fingerprint density at radius 2 is 1.95 bits per heavy atom. The van der Waals surface area contributed by atoms with Gasteiger partial charge in [-0.15, -0.1) is 0 Å². The molecular weight excluding hydrogens is 243 g/mol. The van der Waals surface area contributed by atoms with E-state index in [-0.39, 0.29) is 0 Å². The monoisotopic (exact) mass is 272 g/mol. The summed E-state index contributed by atoms with van der Waals surface area (Å²) in [4.78, 5) is 4.32. The molecule has 0 aromatic carbocycles. The Kier molecular flexibility index (Phi) is 5.44. The van der Waals surface area contributed by atoms with Crippen LogP contribution in [0.3, 0.4) is 0 Å². The molecule has 3 heteroatoms. The maximum absolute atomic E-state index is 4.32. The fourth-order valence-electron chi connectivity index (χ4n) is 2.14. The van der Waals surface area contributed by atoms with Crippen LogP contribution in [-0.4, -0.2) is 20.2 Å².